The lowest BCUT2D eigenvalue weighted by atomic mass is 9.96. The Morgan fingerprint density at radius 3 is 2.42 bits per heavy atom. The van der Waals surface area contributed by atoms with Gasteiger partial charge in [-0.15, -0.1) is 0 Å². The van der Waals surface area contributed by atoms with E-state index in [1.807, 2.05) is 13.8 Å². The topological polar surface area (TPSA) is 73.9 Å². The first-order valence-corrected chi connectivity index (χ1v) is 9.13. The number of benzene rings is 1. The summed E-state index contributed by atoms with van der Waals surface area (Å²) in [7, 11) is 2.78. The molecule has 0 aliphatic heterocycles. The normalized spacial score (nSPS) is 13.0. The van der Waals surface area contributed by atoms with Crippen molar-refractivity contribution in [2.45, 2.75) is 58.5 Å². The summed E-state index contributed by atoms with van der Waals surface area (Å²) < 4.78 is 15.8. The minimum atomic E-state index is -0.906. The molecule has 6 nitrogen and oxygen atoms in total. The van der Waals surface area contributed by atoms with Crippen LogP contribution < -0.4 is 10.1 Å². The molecule has 6 heteroatoms. The third-order valence-electron chi connectivity index (χ3n) is 4.23. The third-order valence-corrected chi connectivity index (χ3v) is 4.23. The van der Waals surface area contributed by atoms with Gasteiger partial charge in [0.25, 0.3) is 5.91 Å². The van der Waals surface area contributed by atoms with Gasteiger partial charge >= 0.3 is 5.97 Å². The number of rotatable bonds is 11. The van der Waals surface area contributed by atoms with E-state index in [1.165, 1.54) is 14.2 Å². The predicted octanol–water partition coefficient (Wildman–Crippen LogP) is 4.19. The average Bonchev–Trinajstić information content (AvgIpc) is 2.65. The molecule has 1 amide bonds. The fraction of sp³-hybridized carbons (Fsp3) is 0.600. The number of nitrogens with one attached hydrogen (secondary N) is 1. The molecule has 1 aromatic rings. The molecular formula is C20H31NO5. The van der Waals surface area contributed by atoms with Gasteiger partial charge in [0.15, 0.2) is 0 Å². The maximum Gasteiger partial charge on any atom is 0.341 e. The molecule has 1 rings (SSSR count). The average molecular weight is 365 g/mol. The van der Waals surface area contributed by atoms with Gasteiger partial charge in [0.2, 0.25) is 0 Å². The predicted molar refractivity (Wildman–Crippen MR) is 102 cm³/mol. The second-order valence-corrected chi connectivity index (χ2v) is 6.40. The molecule has 1 aromatic carbocycles. The van der Waals surface area contributed by atoms with Gasteiger partial charge in [0.05, 0.1) is 14.2 Å². The third kappa shape index (κ3) is 6.02. The van der Waals surface area contributed by atoms with Gasteiger partial charge in [-0.1, -0.05) is 33.1 Å². The van der Waals surface area contributed by atoms with Crippen LogP contribution in [0.3, 0.4) is 0 Å². The highest BCUT2D eigenvalue weighted by molar-refractivity contribution is 5.99. The number of hydrogen-bond donors (Lipinski definition) is 1. The molecule has 0 aliphatic carbocycles. The first-order valence-electron chi connectivity index (χ1n) is 9.13. The Kier molecular flexibility index (Phi) is 9.13. The molecule has 146 valence electrons. The van der Waals surface area contributed by atoms with Crippen molar-refractivity contribution in [3.8, 4) is 5.75 Å². The zero-order valence-electron chi connectivity index (χ0n) is 16.5. The quantitative estimate of drug-likeness (QED) is 0.470. The molecule has 0 spiro atoms. The number of anilines is 1. The van der Waals surface area contributed by atoms with Crippen molar-refractivity contribution >= 4 is 17.6 Å². The monoisotopic (exact) mass is 365 g/mol. The first kappa shape index (κ1) is 22.0. The van der Waals surface area contributed by atoms with Gasteiger partial charge in [-0.25, -0.2) is 4.79 Å². The molecule has 26 heavy (non-hydrogen) atoms. The van der Waals surface area contributed by atoms with E-state index < -0.39 is 11.6 Å². The number of carbonyl (C=O) groups is 2. The number of hydrogen-bond acceptors (Lipinski definition) is 5. The van der Waals surface area contributed by atoms with Crippen LogP contribution >= 0.6 is 0 Å². The SMILES string of the molecule is CCCCC[C@](C)(OCCC)C(=O)Nc1ccc(OC)c(C(=O)OC)c1. The summed E-state index contributed by atoms with van der Waals surface area (Å²) >= 11 is 0. The molecular weight excluding hydrogens is 334 g/mol. The van der Waals surface area contributed by atoms with E-state index in [9.17, 15) is 9.59 Å². The number of ether oxygens (including phenoxy) is 3. The number of esters is 1. The van der Waals surface area contributed by atoms with Crippen LogP contribution in [0.25, 0.3) is 0 Å². The lowest BCUT2D eigenvalue weighted by Crippen LogP contribution is -2.43. The highest BCUT2D eigenvalue weighted by Crippen LogP contribution is 2.26. The Morgan fingerprint density at radius 1 is 1.12 bits per heavy atom. The van der Waals surface area contributed by atoms with Crippen LogP contribution in [0.2, 0.25) is 0 Å². The zero-order valence-corrected chi connectivity index (χ0v) is 16.5. The van der Waals surface area contributed by atoms with E-state index in [0.717, 1.165) is 25.7 Å². The lowest BCUT2D eigenvalue weighted by Gasteiger charge is -2.29. The molecule has 1 atom stereocenters. The maximum atomic E-state index is 12.9. The van der Waals surface area contributed by atoms with Crippen LogP contribution in [0.4, 0.5) is 5.69 Å². The van der Waals surface area contributed by atoms with E-state index >= 15 is 0 Å². The molecule has 0 radical (unpaired) electrons. The molecule has 0 saturated carbocycles. The van der Waals surface area contributed by atoms with Crippen LogP contribution in [-0.2, 0) is 14.3 Å². The number of unbranched alkanes of at least 4 members (excludes halogenated alkanes) is 2. The Balaban J connectivity index is 2.98. The summed E-state index contributed by atoms with van der Waals surface area (Å²) in [5.41, 5.74) is -0.149. The highest BCUT2D eigenvalue weighted by Gasteiger charge is 2.33. The largest absolute Gasteiger partial charge is 0.496 e. The van der Waals surface area contributed by atoms with Crippen molar-refractivity contribution in [3.63, 3.8) is 0 Å². The van der Waals surface area contributed by atoms with Crippen molar-refractivity contribution in [2.24, 2.45) is 0 Å². The Hall–Kier alpha value is -2.08. The zero-order chi connectivity index (χ0) is 19.6. The summed E-state index contributed by atoms with van der Waals surface area (Å²) in [4.78, 5) is 24.8. The lowest BCUT2D eigenvalue weighted by molar-refractivity contribution is -0.140. The fourth-order valence-electron chi connectivity index (χ4n) is 2.61. The minimum Gasteiger partial charge on any atom is -0.496 e. The summed E-state index contributed by atoms with van der Waals surface area (Å²) in [6, 6.07) is 4.87. The fourth-order valence-corrected chi connectivity index (χ4v) is 2.61. The summed E-state index contributed by atoms with van der Waals surface area (Å²) in [6.07, 6.45) is 4.53. The second-order valence-electron chi connectivity index (χ2n) is 6.40. The van der Waals surface area contributed by atoms with Crippen LogP contribution in [-0.4, -0.2) is 38.3 Å². The van der Waals surface area contributed by atoms with Gasteiger partial charge in [0, 0.05) is 12.3 Å². The van der Waals surface area contributed by atoms with Gasteiger partial charge in [0.1, 0.15) is 16.9 Å². The van der Waals surface area contributed by atoms with E-state index in [4.69, 9.17) is 14.2 Å². The van der Waals surface area contributed by atoms with Crippen LogP contribution in [0, 0.1) is 0 Å². The standard InChI is InChI=1S/C20H31NO5/c1-6-8-9-12-20(3,26-13-7-2)19(23)21-15-10-11-17(24-4)16(14-15)18(22)25-5/h10-11,14H,6-9,12-13H2,1-5H3,(H,21,23)/t20-/m0/s1. The Labute approximate surface area is 156 Å². The van der Waals surface area contributed by atoms with Crippen LogP contribution in [0.15, 0.2) is 18.2 Å². The number of amides is 1. The first-order chi connectivity index (χ1) is 12.4. The van der Waals surface area contributed by atoms with Gasteiger partial charge in [-0.3, -0.25) is 4.79 Å². The summed E-state index contributed by atoms with van der Waals surface area (Å²) in [5, 5.41) is 2.86. The molecule has 0 aliphatic rings. The van der Waals surface area contributed by atoms with Crippen molar-refractivity contribution < 1.29 is 23.8 Å². The molecule has 0 unspecified atom stereocenters. The van der Waals surface area contributed by atoms with Crippen LogP contribution in [0.1, 0.15) is 63.2 Å². The van der Waals surface area contributed by atoms with Crippen molar-refractivity contribution in [3.05, 3.63) is 23.8 Å². The molecule has 0 bridgehead atoms. The summed E-state index contributed by atoms with van der Waals surface area (Å²) in [5.74, 6) is -0.350. The number of methoxy groups -OCH3 is 2. The second kappa shape index (κ2) is 10.8. The van der Waals surface area contributed by atoms with E-state index in [0.29, 0.717) is 24.5 Å². The molecule has 0 fully saturated rings. The Morgan fingerprint density at radius 2 is 1.85 bits per heavy atom. The minimum absolute atomic E-state index is 0.219. The summed E-state index contributed by atoms with van der Waals surface area (Å²) in [6.45, 7) is 6.47. The van der Waals surface area contributed by atoms with Crippen molar-refractivity contribution in [1.29, 1.82) is 0 Å². The van der Waals surface area contributed by atoms with Gasteiger partial charge < -0.3 is 19.5 Å². The van der Waals surface area contributed by atoms with Crippen molar-refractivity contribution in [2.75, 3.05) is 26.1 Å². The Bertz CT molecular complexity index is 602. The van der Waals surface area contributed by atoms with Crippen LogP contribution in [0.5, 0.6) is 5.75 Å². The molecule has 0 heterocycles. The maximum absolute atomic E-state index is 12.9. The van der Waals surface area contributed by atoms with E-state index in [1.54, 1.807) is 18.2 Å². The molecule has 1 N–H and O–H groups in total. The number of carbonyl (C=O) groups excluding carboxylic acids is 2. The van der Waals surface area contributed by atoms with Gasteiger partial charge in [-0.05, 0) is 38.0 Å². The van der Waals surface area contributed by atoms with E-state index in [2.05, 4.69) is 12.2 Å². The molecule has 0 saturated heterocycles. The molecule has 0 aromatic heterocycles. The van der Waals surface area contributed by atoms with E-state index in [-0.39, 0.29) is 11.5 Å². The van der Waals surface area contributed by atoms with Crippen molar-refractivity contribution in [1.82, 2.24) is 0 Å². The van der Waals surface area contributed by atoms with Gasteiger partial charge in [-0.2, -0.15) is 0 Å². The highest BCUT2D eigenvalue weighted by atomic mass is 16.5. The smallest absolute Gasteiger partial charge is 0.341 e.